The lowest BCUT2D eigenvalue weighted by Gasteiger charge is -2.10. The van der Waals surface area contributed by atoms with Crippen molar-refractivity contribution in [1.82, 2.24) is 0 Å². The zero-order valence-corrected chi connectivity index (χ0v) is 11.1. The summed E-state index contributed by atoms with van der Waals surface area (Å²) in [5.74, 6) is -0.343. The van der Waals surface area contributed by atoms with E-state index in [1.54, 1.807) is 32.9 Å². The smallest absolute Gasteiger partial charge is 0.154 e. The number of hydrogen-bond acceptors (Lipinski definition) is 3. The maximum absolute atomic E-state index is 13.4. The van der Waals surface area contributed by atoms with E-state index in [-0.39, 0.29) is 18.1 Å². The molecule has 1 aromatic rings. The van der Waals surface area contributed by atoms with Crippen molar-refractivity contribution >= 4 is 15.5 Å². The van der Waals surface area contributed by atoms with Crippen LogP contribution in [0.1, 0.15) is 19.4 Å². The fourth-order valence-corrected chi connectivity index (χ4v) is 2.19. The van der Waals surface area contributed by atoms with E-state index in [4.69, 9.17) is 0 Å². The van der Waals surface area contributed by atoms with Crippen LogP contribution in [0.15, 0.2) is 18.2 Å². The van der Waals surface area contributed by atoms with Crippen LogP contribution in [0.5, 0.6) is 0 Å². The van der Waals surface area contributed by atoms with Gasteiger partial charge in [0.15, 0.2) is 9.84 Å². The van der Waals surface area contributed by atoms with Gasteiger partial charge in [-0.3, -0.25) is 0 Å². The summed E-state index contributed by atoms with van der Waals surface area (Å²) in [5, 5.41) is 2.40. The molecule has 0 fully saturated rings. The number of benzene rings is 1. The molecule has 0 saturated carbocycles. The van der Waals surface area contributed by atoms with Gasteiger partial charge in [0, 0.05) is 6.54 Å². The summed E-state index contributed by atoms with van der Waals surface area (Å²) >= 11 is 0. The molecule has 0 bridgehead atoms. The van der Waals surface area contributed by atoms with Crippen LogP contribution in [0.4, 0.5) is 10.1 Å². The standard InChI is InChI=1S/C12H18FNO2S/c1-9(2)17(15,16)7-6-14-12-5-4-10(3)8-11(12)13/h4-5,8-9,14H,6-7H2,1-3H3. The van der Waals surface area contributed by atoms with Gasteiger partial charge in [-0.25, -0.2) is 12.8 Å². The predicted octanol–water partition coefficient (Wildman–Crippen LogP) is 2.37. The molecule has 0 unspecified atom stereocenters. The van der Waals surface area contributed by atoms with Crippen molar-refractivity contribution in [3.63, 3.8) is 0 Å². The average Bonchev–Trinajstić information content (AvgIpc) is 2.21. The second kappa shape index (κ2) is 5.49. The maximum atomic E-state index is 13.4. The van der Waals surface area contributed by atoms with Crippen molar-refractivity contribution in [3.05, 3.63) is 29.6 Å². The molecule has 0 aromatic heterocycles. The summed E-state index contributed by atoms with van der Waals surface area (Å²) in [6.45, 7) is 5.31. The van der Waals surface area contributed by atoms with Gasteiger partial charge in [0.1, 0.15) is 5.82 Å². The lowest BCUT2D eigenvalue weighted by atomic mass is 10.2. The predicted molar refractivity (Wildman–Crippen MR) is 68.5 cm³/mol. The van der Waals surface area contributed by atoms with Gasteiger partial charge in [0.25, 0.3) is 0 Å². The zero-order chi connectivity index (χ0) is 13.1. The van der Waals surface area contributed by atoms with Crippen LogP contribution >= 0.6 is 0 Å². The first-order chi connectivity index (χ1) is 7.83. The summed E-state index contributed by atoms with van der Waals surface area (Å²) in [6, 6.07) is 4.81. The molecule has 0 spiro atoms. The van der Waals surface area contributed by atoms with Crippen LogP contribution < -0.4 is 5.32 Å². The average molecular weight is 259 g/mol. The fraction of sp³-hybridized carbons (Fsp3) is 0.500. The van der Waals surface area contributed by atoms with E-state index in [2.05, 4.69) is 5.32 Å². The van der Waals surface area contributed by atoms with Crippen LogP contribution in [0.3, 0.4) is 0 Å². The highest BCUT2D eigenvalue weighted by Crippen LogP contribution is 2.15. The third-order valence-corrected chi connectivity index (χ3v) is 4.75. The van der Waals surface area contributed by atoms with Crippen molar-refractivity contribution in [2.24, 2.45) is 0 Å². The third kappa shape index (κ3) is 4.00. The largest absolute Gasteiger partial charge is 0.382 e. The molecule has 96 valence electrons. The van der Waals surface area contributed by atoms with Crippen LogP contribution in [-0.2, 0) is 9.84 Å². The molecule has 1 aromatic carbocycles. The number of sulfone groups is 1. The number of hydrogen-bond donors (Lipinski definition) is 1. The van der Waals surface area contributed by atoms with Gasteiger partial charge in [0.05, 0.1) is 16.7 Å². The SMILES string of the molecule is Cc1ccc(NCCS(=O)(=O)C(C)C)c(F)c1. The number of aryl methyl sites for hydroxylation is 1. The Kier molecular flexibility index (Phi) is 4.51. The normalized spacial score (nSPS) is 11.8. The van der Waals surface area contributed by atoms with E-state index in [9.17, 15) is 12.8 Å². The van der Waals surface area contributed by atoms with Crippen molar-refractivity contribution in [3.8, 4) is 0 Å². The molecule has 17 heavy (non-hydrogen) atoms. The molecule has 0 amide bonds. The highest BCUT2D eigenvalue weighted by Gasteiger charge is 2.15. The summed E-state index contributed by atoms with van der Waals surface area (Å²) in [7, 11) is -3.07. The lowest BCUT2D eigenvalue weighted by molar-refractivity contribution is 0.587. The topological polar surface area (TPSA) is 46.2 Å². The number of anilines is 1. The van der Waals surface area contributed by atoms with E-state index < -0.39 is 15.1 Å². The number of nitrogens with one attached hydrogen (secondary N) is 1. The molecule has 1 N–H and O–H groups in total. The zero-order valence-electron chi connectivity index (χ0n) is 10.3. The highest BCUT2D eigenvalue weighted by molar-refractivity contribution is 7.92. The van der Waals surface area contributed by atoms with Crippen molar-refractivity contribution in [1.29, 1.82) is 0 Å². The Labute approximate surface area is 102 Å². The Morgan fingerprint density at radius 3 is 2.53 bits per heavy atom. The van der Waals surface area contributed by atoms with E-state index in [0.717, 1.165) is 5.56 Å². The molecule has 0 aliphatic carbocycles. The molecule has 5 heteroatoms. The molecule has 0 radical (unpaired) electrons. The molecule has 0 atom stereocenters. The van der Waals surface area contributed by atoms with Crippen molar-refractivity contribution < 1.29 is 12.8 Å². The van der Waals surface area contributed by atoms with E-state index in [0.29, 0.717) is 5.69 Å². The Morgan fingerprint density at radius 2 is 2.00 bits per heavy atom. The van der Waals surface area contributed by atoms with Crippen LogP contribution in [-0.4, -0.2) is 26.0 Å². The second-order valence-electron chi connectivity index (χ2n) is 4.33. The quantitative estimate of drug-likeness (QED) is 0.883. The van der Waals surface area contributed by atoms with Crippen LogP contribution in [0.2, 0.25) is 0 Å². The van der Waals surface area contributed by atoms with Crippen LogP contribution in [0, 0.1) is 12.7 Å². The summed E-state index contributed by atoms with van der Waals surface area (Å²) in [4.78, 5) is 0. The molecule has 0 heterocycles. The number of rotatable bonds is 5. The van der Waals surface area contributed by atoms with Gasteiger partial charge in [-0.05, 0) is 38.5 Å². The Hall–Kier alpha value is -1.10. The molecule has 1 rings (SSSR count). The molecule has 3 nitrogen and oxygen atoms in total. The minimum absolute atomic E-state index is 0.0119. The van der Waals surface area contributed by atoms with Gasteiger partial charge in [-0.15, -0.1) is 0 Å². The third-order valence-electron chi connectivity index (χ3n) is 2.54. The van der Waals surface area contributed by atoms with E-state index in [1.807, 2.05) is 0 Å². The van der Waals surface area contributed by atoms with Gasteiger partial charge in [-0.1, -0.05) is 6.07 Å². The first-order valence-electron chi connectivity index (χ1n) is 5.54. The monoisotopic (exact) mass is 259 g/mol. The summed E-state index contributed by atoms with van der Waals surface area (Å²) < 4.78 is 36.5. The molecule has 0 saturated heterocycles. The summed E-state index contributed by atoms with van der Waals surface area (Å²) in [6.07, 6.45) is 0. The second-order valence-corrected chi connectivity index (χ2v) is 7.00. The first kappa shape index (κ1) is 14.0. The minimum atomic E-state index is -3.07. The number of halogens is 1. The molecule has 0 aliphatic heterocycles. The Morgan fingerprint density at radius 1 is 1.35 bits per heavy atom. The summed E-state index contributed by atoms with van der Waals surface area (Å²) in [5.41, 5.74) is 1.18. The Balaban J connectivity index is 2.58. The molecule has 0 aliphatic rings. The van der Waals surface area contributed by atoms with Crippen molar-refractivity contribution in [2.75, 3.05) is 17.6 Å². The van der Waals surface area contributed by atoms with E-state index >= 15 is 0 Å². The van der Waals surface area contributed by atoms with Crippen LogP contribution in [0.25, 0.3) is 0 Å². The lowest BCUT2D eigenvalue weighted by Crippen LogP contribution is -2.23. The highest BCUT2D eigenvalue weighted by atomic mass is 32.2. The van der Waals surface area contributed by atoms with Gasteiger partial charge < -0.3 is 5.32 Å². The van der Waals surface area contributed by atoms with E-state index in [1.165, 1.54) is 6.07 Å². The van der Waals surface area contributed by atoms with Gasteiger partial charge in [-0.2, -0.15) is 0 Å². The molecular formula is C12H18FNO2S. The minimum Gasteiger partial charge on any atom is -0.382 e. The Bertz CT molecular complexity index is 483. The fourth-order valence-electron chi connectivity index (χ4n) is 1.33. The van der Waals surface area contributed by atoms with Gasteiger partial charge in [0.2, 0.25) is 0 Å². The maximum Gasteiger partial charge on any atom is 0.154 e. The van der Waals surface area contributed by atoms with Gasteiger partial charge >= 0.3 is 0 Å². The first-order valence-corrected chi connectivity index (χ1v) is 7.26. The molecular weight excluding hydrogens is 241 g/mol. The van der Waals surface area contributed by atoms with Crippen molar-refractivity contribution in [2.45, 2.75) is 26.0 Å².